The van der Waals surface area contributed by atoms with E-state index in [-0.39, 0.29) is 34.4 Å². The van der Waals surface area contributed by atoms with Gasteiger partial charge >= 0.3 is 18.0 Å². The van der Waals surface area contributed by atoms with E-state index < -0.39 is 24.0 Å². The predicted octanol–water partition coefficient (Wildman–Crippen LogP) is 4.43. The van der Waals surface area contributed by atoms with Crippen LogP contribution in [0.3, 0.4) is 0 Å². The molecule has 0 spiro atoms. The fraction of sp³-hybridized carbons (Fsp3) is 0.227. The number of amides is 2. The Labute approximate surface area is 194 Å². The van der Waals surface area contributed by atoms with Gasteiger partial charge < -0.3 is 19.9 Å². The summed E-state index contributed by atoms with van der Waals surface area (Å²) in [5.41, 5.74) is 1.34. The SMILES string of the molecule is COCCOC(=O)C1=C(C)N(c2ccc(C(=O)O)cc2)C(=O)N[C@H]1c1cccc(Cl)c1Cl. The van der Waals surface area contributed by atoms with Gasteiger partial charge in [0.1, 0.15) is 6.61 Å². The molecule has 2 amide bonds. The molecular formula is C22H20Cl2N2O6. The number of carbonyl (C=O) groups excluding carboxylic acids is 2. The minimum atomic E-state index is -1.09. The predicted molar refractivity (Wildman–Crippen MR) is 119 cm³/mol. The molecule has 168 valence electrons. The van der Waals surface area contributed by atoms with E-state index in [2.05, 4.69) is 5.32 Å². The Hall–Kier alpha value is -3.07. The van der Waals surface area contributed by atoms with Gasteiger partial charge in [0, 0.05) is 12.8 Å². The Kier molecular flexibility index (Phi) is 7.40. The third kappa shape index (κ3) is 4.72. The topological polar surface area (TPSA) is 105 Å². The van der Waals surface area contributed by atoms with Gasteiger partial charge in [0.25, 0.3) is 0 Å². The molecule has 3 rings (SSSR count). The number of ether oxygens (including phenoxy) is 2. The van der Waals surface area contributed by atoms with E-state index in [1.807, 2.05) is 0 Å². The van der Waals surface area contributed by atoms with Crippen LogP contribution in [-0.4, -0.2) is 43.4 Å². The number of carboxylic acid groups (broad SMARTS) is 1. The molecular weight excluding hydrogens is 459 g/mol. The lowest BCUT2D eigenvalue weighted by molar-refractivity contribution is -0.140. The van der Waals surface area contributed by atoms with Crippen LogP contribution in [0.1, 0.15) is 28.9 Å². The Morgan fingerprint density at radius 2 is 1.81 bits per heavy atom. The molecule has 1 aliphatic rings. The largest absolute Gasteiger partial charge is 0.478 e. The second-order valence-corrected chi connectivity index (χ2v) is 7.63. The van der Waals surface area contributed by atoms with Crippen LogP contribution in [0, 0.1) is 0 Å². The van der Waals surface area contributed by atoms with E-state index in [4.69, 9.17) is 37.8 Å². The van der Waals surface area contributed by atoms with E-state index >= 15 is 0 Å². The van der Waals surface area contributed by atoms with Crippen LogP contribution in [0.2, 0.25) is 10.0 Å². The number of carbonyl (C=O) groups is 3. The summed E-state index contributed by atoms with van der Waals surface area (Å²) in [5.74, 6) is -1.75. The van der Waals surface area contributed by atoms with E-state index in [1.54, 1.807) is 25.1 Å². The van der Waals surface area contributed by atoms with Crippen LogP contribution in [0.25, 0.3) is 0 Å². The van der Waals surface area contributed by atoms with Gasteiger partial charge in [0.05, 0.1) is 39.5 Å². The van der Waals surface area contributed by atoms with Crippen molar-refractivity contribution in [1.29, 1.82) is 0 Å². The van der Waals surface area contributed by atoms with Crippen molar-refractivity contribution in [2.75, 3.05) is 25.2 Å². The van der Waals surface area contributed by atoms with Gasteiger partial charge in [-0.15, -0.1) is 0 Å². The number of urea groups is 1. The fourth-order valence-corrected chi connectivity index (χ4v) is 3.76. The van der Waals surface area contributed by atoms with Crippen molar-refractivity contribution in [2.45, 2.75) is 13.0 Å². The van der Waals surface area contributed by atoms with Crippen molar-refractivity contribution >= 4 is 46.9 Å². The zero-order valence-electron chi connectivity index (χ0n) is 17.2. The van der Waals surface area contributed by atoms with Gasteiger partial charge in [-0.3, -0.25) is 4.90 Å². The highest BCUT2D eigenvalue weighted by Crippen LogP contribution is 2.38. The van der Waals surface area contributed by atoms with Crippen LogP contribution in [0.15, 0.2) is 53.7 Å². The molecule has 2 aromatic carbocycles. The molecule has 2 aromatic rings. The number of nitrogens with one attached hydrogen (secondary N) is 1. The fourth-order valence-electron chi connectivity index (χ4n) is 3.34. The molecule has 0 aromatic heterocycles. The number of aromatic carboxylic acids is 1. The molecule has 0 fully saturated rings. The number of anilines is 1. The molecule has 10 heteroatoms. The summed E-state index contributed by atoms with van der Waals surface area (Å²) in [5, 5.41) is 12.4. The smallest absolute Gasteiger partial charge is 0.338 e. The highest BCUT2D eigenvalue weighted by molar-refractivity contribution is 6.42. The first-order valence-electron chi connectivity index (χ1n) is 9.51. The summed E-state index contributed by atoms with van der Waals surface area (Å²) in [6, 6.07) is 9.19. The first-order chi connectivity index (χ1) is 15.3. The summed E-state index contributed by atoms with van der Waals surface area (Å²) in [6.07, 6.45) is 0. The van der Waals surface area contributed by atoms with Crippen LogP contribution in [0.4, 0.5) is 10.5 Å². The number of methoxy groups -OCH3 is 1. The molecule has 0 saturated carbocycles. The molecule has 0 radical (unpaired) electrons. The van der Waals surface area contributed by atoms with Crippen molar-refractivity contribution < 1.29 is 29.0 Å². The standard InChI is InChI=1S/C22H20Cl2N2O6/c1-12-17(21(29)32-11-10-31-2)19(15-4-3-5-16(23)18(15)24)25-22(30)26(12)14-8-6-13(7-9-14)20(27)28/h3-9,19H,10-11H2,1-2H3,(H,25,30)(H,27,28)/t19-/m0/s1. The van der Waals surface area contributed by atoms with Gasteiger partial charge in [-0.25, -0.2) is 14.4 Å². The van der Waals surface area contributed by atoms with E-state index in [0.29, 0.717) is 16.9 Å². The third-order valence-corrected chi connectivity index (χ3v) is 5.72. The Bertz CT molecular complexity index is 1080. The normalized spacial score (nSPS) is 16.1. The maximum absolute atomic E-state index is 13.0. The molecule has 8 nitrogen and oxygen atoms in total. The van der Waals surface area contributed by atoms with Crippen molar-refractivity contribution in [3.8, 4) is 0 Å². The number of nitrogens with zero attached hydrogens (tertiary/aromatic N) is 1. The summed E-state index contributed by atoms with van der Waals surface area (Å²) in [4.78, 5) is 38.5. The number of carboxylic acids is 1. The number of rotatable bonds is 7. The highest BCUT2D eigenvalue weighted by atomic mass is 35.5. The molecule has 0 bridgehead atoms. The molecule has 1 atom stereocenters. The number of benzene rings is 2. The number of hydrogen-bond acceptors (Lipinski definition) is 5. The molecule has 1 heterocycles. The molecule has 0 saturated heterocycles. The highest BCUT2D eigenvalue weighted by Gasteiger charge is 2.38. The summed E-state index contributed by atoms with van der Waals surface area (Å²) >= 11 is 12.5. The lowest BCUT2D eigenvalue weighted by atomic mass is 9.94. The number of hydrogen-bond donors (Lipinski definition) is 2. The number of halogens is 2. The maximum Gasteiger partial charge on any atom is 0.338 e. The molecule has 1 aliphatic heterocycles. The number of allylic oxidation sites excluding steroid dienone is 1. The summed E-state index contributed by atoms with van der Waals surface area (Å²) in [6.45, 7) is 1.82. The summed E-state index contributed by atoms with van der Waals surface area (Å²) < 4.78 is 10.3. The molecule has 2 N–H and O–H groups in total. The third-order valence-electron chi connectivity index (χ3n) is 4.89. The van der Waals surface area contributed by atoms with E-state index in [0.717, 1.165) is 0 Å². The second kappa shape index (κ2) is 10.0. The van der Waals surface area contributed by atoms with Crippen molar-refractivity contribution in [1.82, 2.24) is 5.32 Å². The lowest BCUT2D eigenvalue weighted by Crippen LogP contribution is -2.48. The average molecular weight is 479 g/mol. The minimum Gasteiger partial charge on any atom is -0.478 e. The van der Waals surface area contributed by atoms with Gasteiger partial charge in [-0.05, 0) is 42.8 Å². The van der Waals surface area contributed by atoms with Gasteiger partial charge in [0.2, 0.25) is 0 Å². The van der Waals surface area contributed by atoms with Crippen molar-refractivity contribution in [2.24, 2.45) is 0 Å². The number of esters is 1. The van der Waals surface area contributed by atoms with Crippen LogP contribution < -0.4 is 10.2 Å². The van der Waals surface area contributed by atoms with Crippen LogP contribution >= 0.6 is 23.2 Å². The lowest BCUT2D eigenvalue weighted by Gasteiger charge is -2.35. The first kappa shape index (κ1) is 23.6. The van der Waals surface area contributed by atoms with Crippen LogP contribution in [0.5, 0.6) is 0 Å². The van der Waals surface area contributed by atoms with Crippen LogP contribution in [-0.2, 0) is 14.3 Å². The van der Waals surface area contributed by atoms with Crippen molar-refractivity contribution in [3.63, 3.8) is 0 Å². The Morgan fingerprint density at radius 3 is 2.44 bits per heavy atom. The van der Waals surface area contributed by atoms with Gasteiger partial charge in [0.15, 0.2) is 0 Å². The zero-order valence-corrected chi connectivity index (χ0v) is 18.7. The van der Waals surface area contributed by atoms with E-state index in [9.17, 15) is 14.4 Å². The summed E-state index contributed by atoms with van der Waals surface area (Å²) in [7, 11) is 1.48. The Balaban J connectivity index is 2.10. The average Bonchev–Trinajstić information content (AvgIpc) is 2.75. The van der Waals surface area contributed by atoms with E-state index in [1.165, 1.54) is 36.3 Å². The van der Waals surface area contributed by atoms with Crippen molar-refractivity contribution in [3.05, 3.63) is 74.9 Å². The van der Waals surface area contributed by atoms with Gasteiger partial charge in [-0.1, -0.05) is 35.3 Å². The Morgan fingerprint density at radius 1 is 1.12 bits per heavy atom. The zero-order chi connectivity index (χ0) is 23.4. The molecule has 0 aliphatic carbocycles. The first-order valence-corrected chi connectivity index (χ1v) is 10.3. The monoisotopic (exact) mass is 478 g/mol. The quantitative estimate of drug-likeness (QED) is 0.450. The molecule has 32 heavy (non-hydrogen) atoms. The second-order valence-electron chi connectivity index (χ2n) is 6.84. The maximum atomic E-state index is 13.0. The molecule has 0 unspecified atom stereocenters. The van der Waals surface area contributed by atoms with Gasteiger partial charge in [-0.2, -0.15) is 0 Å². The minimum absolute atomic E-state index is 0.0172.